The highest BCUT2D eigenvalue weighted by Gasteiger charge is 2.64. The van der Waals surface area contributed by atoms with Gasteiger partial charge in [0.25, 0.3) is 5.72 Å². The van der Waals surface area contributed by atoms with Crippen LogP contribution >= 0.6 is 0 Å². The maximum Gasteiger partial charge on any atom is 0.438 e. The lowest BCUT2D eigenvalue weighted by Gasteiger charge is -2.32. The number of hydrogen-bond donors (Lipinski definition) is 1. The topological polar surface area (TPSA) is 65.8 Å². The van der Waals surface area contributed by atoms with Crippen molar-refractivity contribution < 1.29 is 23.1 Å². The van der Waals surface area contributed by atoms with Crippen LogP contribution < -0.4 is 0 Å². The number of nitrogens with zero attached hydrogens (tertiary/aromatic N) is 3. The maximum atomic E-state index is 13.2. The van der Waals surface area contributed by atoms with Crippen LogP contribution in [-0.2, 0) is 4.79 Å². The largest absolute Gasteiger partial charge is 0.438 e. The summed E-state index contributed by atoms with van der Waals surface area (Å²) < 4.78 is 39.6. The minimum absolute atomic E-state index is 0.00285. The second kappa shape index (κ2) is 4.52. The molecule has 0 saturated heterocycles. The van der Waals surface area contributed by atoms with E-state index in [-0.39, 0.29) is 10.7 Å². The number of pyridine rings is 1. The summed E-state index contributed by atoms with van der Waals surface area (Å²) in [6.07, 6.45) is -1.89. The smallest absolute Gasteiger partial charge is 0.362 e. The Bertz CT molecular complexity index is 598. The predicted molar refractivity (Wildman–Crippen MR) is 66.0 cm³/mol. The van der Waals surface area contributed by atoms with E-state index in [2.05, 4.69) is 10.1 Å². The molecule has 1 atom stereocenters. The van der Waals surface area contributed by atoms with E-state index in [0.717, 1.165) is 0 Å². The number of aliphatic hydroxyl groups is 1. The van der Waals surface area contributed by atoms with Gasteiger partial charge in [-0.1, -0.05) is 6.07 Å². The molecule has 1 fully saturated rings. The molecule has 1 amide bonds. The molecule has 1 N–H and O–H groups in total. The van der Waals surface area contributed by atoms with E-state index >= 15 is 0 Å². The van der Waals surface area contributed by atoms with Gasteiger partial charge >= 0.3 is 6.18 Å². The van der Waals surface area contributed by atoms with Crippen LogP contribution in [0.4, 0.5) is 13.2 Å². The Hall–Kier alpha value is -1.96. The zero-order valence-corrected chi connectivity index (χ0v) is 10.8. The molecule has 3 rings (SSSR count). The number of aromatic nitrogens is 1. The van der Waals surface area contributed by atoms with Crippen molar-refractivity contribution in [3.63, 3.8) is 0 Å². The Morgan fingerprint density at radius 1 is 1.43 bits per heavy atom. The molecule has 21 heavy (non-hydrogen) atoms. The Balaban J connectivity index is 1.98. The van der Waals surface area contributed by atoms with Crippen LogP contribution in [0.5, 0.6) is 0 Å². The van der Waals surface area contributed by atoms with Crippen molar-refractivity contribution in [1.29, 1.82) is 0 Å². The van der Waals surface area contributed by atoms with Gasteiger partial charge in [0.15, 0.2) is 0 Å². The highest BCUT2D eigenvalue weighted by atomic mass is 19.4. The van der Waals surface area contributed by atoms with Gasteiger partial charge in [-0.05, 0) is 18.9 Å². The van der Waals surface area contributed by atoms with Crippen LogP contribution in [0.3, 0.4) is 0 Å². The van der Waals surface area contributed by atoms with Gasteiger partial charge in [0.1, 0.15) is 0 Å². The van der Waals surface area contributed by atoms with E-state index in [1.54, 1.807) is 6.07 Å². The van der Waals surface area contributed by atoms with E-state index in [0.29, 0.717) is 18.4 Å². The molecule has 1 aliphatic heterocycles. The minimum Gasteiger partial charge on any atom is -0.362 e. The molecule has 112 valence electrons. The highest BCUT2D eigenvalue weighted by Crippen LogP contribution is 2.44. The first-order valence-electron chi connectivity index (χ1n) is 6.44. The molecule has 1 aromatic rings. The average molecular weight is 299 g/mol. The van der Waals surface area contributed by atoms with E-state index < -0.39 is 30.1 Å². The van der Waals surface area contributed by atoms with E-state index in [4.69, 9.17) is 0 Å². The van der Waals surface area contributed by atoms with Crippen molar-refractivity contribution in [2.45, 2.75) is 31.2 Å². The molecule has 1 aromatic heterocycles. The van der Waals surface area contributed by atoms with Crippen LogP contribution in [0.15, 0.2) is 29.6 Å². The van der Waals surface area contributed by atoms with Crippen molar-refractivity contribution in [3.8, 4) is 0 Å². The van der Waals surface area contributed by atoms with Crippen LogP contribution in [-0.4, -0.2) is 38.6 Å². The summed E-state index contributed by atoms with van der Waals surface area (Å²) in [6, 6.07) is 3.09. The lowest BCUT2D eigenvalue weighted by molar-refractivity contribution is -0.302. The molecule has 2 heterocycles. The van der Waals surface area contributed by atoms with Gasteiger partial charge in [0, 0.05) is 23.9 Å². The first kappa shape index (κ1) is 14.0. The third-order valence-electron chi connectivity index (χ3n) is 3.57. The second-order valence-electron chi connectivity index (χ2n) is 5.20. The fourth-order valence-electron chi connectivity index (χ4n) is 2.20. The quantitative estimate of drug-likeness (QED) is 0.903. The van der Waals surface area contributed by atoms with Gasteiger partial charge in [-0.25, -0.2) is 0 Å². The lowest BCUT2D eigenvalue weighted by Crippen LogP contribution is -2.57. The summed E-state index contributed by atoms with van der Waals surface area (Å²) in [4.78, 5) is 15.8. The molecule has 0 aromatic carbocycles. The number of halogens is 3. The normalized spacial score (nSPS) is 25.9. The molecule has 1 saturated carbocycles. The van der Waals surface area contributed by atoms with Crippen LogP contribution in [0.1, 0.15) is 24.8 Å². The van der Waals surface area contributed by atoms with Crippen molar-refractivity contribution in [2.24, 2.45) is 11.0 Å². The van der Waals surface area contributed by atoms with Crippen LogP contribution in [0.25, 0.3) is 0 Å². The summed E-state index contributed by atoms with van der Waals surface area (Å²) in [6.45, 7) is 0. The van der Waals surface area contributed by atoms with Gasteiger partial charge in [-0.3, -0.25) is 9.78 Å². The molecule has 2 aliphatic rings. The molecular weight excluding hydrogens is 287 g/mol. The molecule has 8 heteroatoms. The van der Waals surface area contributed by atoms with E-state index in [1.165, 1.54) is 18.5 Å². The number of amides is 1. The summed E-state index contributed by atoms with van der Waals surface area (Å²) in [5.41, 5.74) is -2.93. The Morgan fingerprint density at radius 3 is 2.67 bits per heavy atom. The number of rotatable bonds is 2. The van der Waals surface area contributed by atoms with Gasteiger partial charge in [0.2, 0.25) is 5.91 Å². The summed E-state index contributed by atoms with van der Waals surface area (Å²) in [7, 11) is 0. The third-order valence-corrected chi connectivity index (χ3v) is 3.57. The minimum atomic E-state index is -4.98. The van der Waals surface area contributed by atoms with Gasteiger partial charge in [-0.2, -0.15) is 23.3 Å². The molecule has 0 bridgehead atoms. The van der Waals surface area contributed by atoms with Gasteiger partial charge in [-0.15, -0.1) is 0 Å². The van der Waals surface area contributed by atoms with Crippen molar-refractivity contribution in [3.05, 3.63) is 30.1 Å². The monoisotopic (exact) mass is 299 g/mol. The first-order chi connectivity index (χ1) is 9.83. The van der Waals surface area contributed by atoms with Crippen molar-refractivity contribution in [2.75, 3.05) is 0 Å². The zero-order chi connectivity index (χ0) is 15.3. The summed E-state index contributed by atoms with van der Waals surface area (Å²) >= 11 is 0. The standard InChI is InChI=1S/C13H12F3N3O2/c14-13(15,16)12(21)6-10(9-2-1-5-17-7-9)18-19(12)11(20)8-3-4-8/h1-2,5,7-8,21H,3-4,6H2/t12-/m0/s1. The summed E-state index contributed by atoms with van der Waals surface area (Å²) in [5.74, 6) is -1.26. The Morgan fingerprint density at radius 2 is 2.14 bits per heavy atom. The molecule has 0 spiro atoms. The van der Waals surface area contributed by atoms with Crippen LogP contribution in [0.2, 0.25) is 0 Å². The summed E-state index contributed by atoms with van der Waals surface area (Å²) in [5, 5.41) is 13.9. The van der Waals surface area contributed by atoms with Crippen LogP contribution in [0, 0.1) is 5.92 Å². The number of hydrazone groups is 1. The highest BCUT2D eigenvalue weighted by molar-refractivity contribution is 6.03. The van der Waals surface area contributed by atoms with Crippen molar-refractivity contribution in [1.82, 2.24) is 9.99 Å². The Kier molecular flexibility index (Phi) is 3.01. The molecule has 0 unspecified atom stereocenters. The zero-order valence-electron chi connectivity index (χ0n) is 10.8. The number of hydrogen-bond acceptors (Lipinski definition) is 4. The van der Waals surface area contributed by atoms with Crippen molar-refractivity contribution >= 4 is 11.6 Å². The van der Waals surface area contributed by atoms with Gasteiger partial charge < -0.3 is 5.11 Å². The molecular formula is C13H12F3N3O2. The fourth-order valence-corrected chi connectivity index (χ4v) is 2.20. The SMILES string of the molecule is O=C(C1CC1)N1N=C(c2cccnc2)C[C@]1(O)C(F)(F)F. The van der Waals surface area contributed by atoms with Gasteiger partial charge in [0.05, 0.1) is 12.1 Å². The second-order valence-corrected chi connectivity index (χ2v) is 5.20. The van der Waals surface area contributed by atoms with E-state index in [9.17, 15) is 23.1 Å². The molecule has 1 aliphatic carbocycles. The number of carbonyl (C=O) groups is 1. The third kappa shape index (κ3) is 2.29. The number of carbonyl (C=O) groups excluding carboxylic acids is 1. The first-order valence-corrected chi connectivity index (χ1v) is 6.44. The maximum absolute atomic E-state index is 13.2. The number of alkyl halides is 3. The average Bonchev–Trinajstić information content (AvgIpc) is 3.21. The Labute approximate surface area is 118 Å². The predicted octanol–water partition coefficient (Wildman–Crippen LogP) is 1.68. The molecule has 5 nitrogen and oxygen atoms in total. The lowest BCUT2D eigenvalue weighted by atomic mass is 10.0. The fraction of sp³-hybridized carbons (Fsp3) is 0.462. The molecule has 0 radical (unpaired) electrons. The van der Waals surface area contributed by atoms with E-state index in [1.807, 2.05) is 0 Å².